The molecule has 0 bridgehead atoms. The molecule has 1 fully saturated rings. The highest BCUT2D eigenvalue weighted by Crippen LogP contribution is 2.31. The average molecular weight is 316 g/mol. The molecule has 1 heterocycles. The molecule has 4 nitrogen and oxygen atoms in total. The van der Waals surface area contributed by atoms with Crippen molar-refractivity contribution in [3.8, 4) is 5.75 Å². The zero-order valence-electron chi connectivity index (χ0n) is 10.9. The molecule has 1 aromatic rings. The van der Waals surface area contributed by atoms with Crippen LogP contribution in [0.2, 0.25) is 10.0 Å². The number of rotatable bonds is 4. The quantitative estimate of drug-likeness (QED) is 0.802. The Morgan fingerprint density at radius 1 is 1.25 bits per heavy atom. The molecule has 1 aliphatic heterocycles. The summed E-state index contributed by atoms with van der Waals surface area (Å²) in [6, 6.07) is 2.94. The third-order valence-corrected chi connectivity index (χ3v) is 3.71. The Balaban J connectivity index is 2.03. The lowest BCUT2D eigenvalue weighted by Gasteiger charge is -2.26. The van der Waals surface area contributed by atoms with Crippen LogP contribution in [0.4, 0.5) is 0 Å². The second kappa shape index (κ2) is 6.95. The van der Waals surface area contributed by atoms with E-state index >= 15 is 0 Å². The molecule has 1 aliphatic rings. The minimum atomic E-state index is -0.123. The molecule has 0 aliphatic carbocycles. The second-order valence-electron chi connectivity index (χ2n) is 4.65. The van der Waals surface area contributed by atoms with E-state index in [9.17, 15) is 9.59 Å². The molecule has 1 saturated heterocycles. The Labute approximate surface area is 127 Å². The molecule has 0 saturated carbocycles. The number of benzene rings is 1. The van der Waals surface area contributed by atoms with E-state index in [0.717, 1.165) is 32.4 Å². The SMILES string of the molecule is O=Cc1cc(Cl)cc(Cl)c1OCC(=O)N1CCCCC1. The van der Waals surface area contributed by atoms with Gasteiger partial charge in [-0.05, 0) is 31.4 Å². The van der Waals surface area contributed by atoms with Crippen molar-refractivity contribution in [3.63, 3.8) is 0 Å². The Bertz CT molecular complexity index is 513. The molecule has 20 heavy (non-hydrogen) atoms. The first kappa shape index (κ1) is 15.1. The number of amides is 1. The standard InChI is InChI=1S/C14H15Cl2NO3/c15-11-6-10(8-18)14(12(16)7-11)20-9-13(19)17-4-2-1-3-5-17/h6-8H,1-5,9H2. The van der Waals surface area contributed by atoms with Crippen LogP contribution in [0.5, 0.6) is 5.75 Å². The number of aldehydes is 1. The highest BCUT2D eigenvalue weighted by atomic mass is 35.5. The number of halogens is 2. The lowest BCUT2D eigenvalue weighted by atomic mass is 10.1. The van der Waals surface area contributed by atoms with Crippen LogP contribution < -0.4 is 4.74 Å². The van der Waals surface area contributed by atoms with Crippen molar-refractivity contribution in [2.75, 3.05) is 19.7 Å². The summed E-state index contributed by atoms with van der Waals surface area (Å²) in [4.78, 5) is 24.7. The molecule has 0 N–H and O–H groups in total. The Morgan fingerprint density at radius 3 is 2.60 bits per heavy atom. The van der Waals surface area contributed by atoms with Gasteiger partial charge in [0.1, 0.15) is 5.75 Å². The van der Waals surface area contributed by atoms with Crippen molar-refractivity contribution in [1.82, 2.24) is 4.90 Å². The highest BCUT2D eigenvalue weighted by Gasteiger charge is 2.18. The van der Waals surface area contributed by atoms with Crippen LogP contribution in [-0.4, -0.2) is 36.8 Å². The molecule has 108 valence electrons. The van der Waals surface area contributed by atoms with E-state index in [4.69, 9.17) is 27.9 Å². The Kier molecular flexibility index (Phi) is 5.26. The van der Waals surface area contributed by atoms with Gasteiger partial charge in [-0.2, -0.15) is 0 Å². The number of piperidine rings is 1. The smallest absolute Gasteiger partial charge is 0.260 e. The molecule has 0 atom stereocenters. The van der Waals surface area contributed by atoms with E-state index in [-0.39, 0.29) is 28.8 Å². The van der Waals surface area contributed by atoms with Crippen molar-refractivity contribution in [1.29, 1.82) is 0 Å². The minimum Gasteiger partial charge on any atom is -0.481 e. The predicted octanol–water partition coefficient (Wildman–Crippen LogP) is 3.20. The summed E-state index contributed by atoms with van der Waals surface area (Å²) in [7, 11) is 0. The van der Waals surface area contributed by atoms with Crippen molar-refractivity contribution in [2.24, 2.45) is 0 Å². The molecule has 0 aromatic heterocycles. The van der Waals surface area contributed by atoms with E-state index in [2.05, 4.69) is 0 Å². The average Bonchev–Trinajstić information content (AvgIpc) is 2.46. The monoisotopic (exact) mass is 315 g/mol. The minimum absolute atomic E-state index is 0.0902. The van der Waals surface area contributed by atoms with Gasteiger partial charge in [-0.15, -0.1) is 0 Å². The van der Waals surface area contributed by atoms with Crippen LogP contribution in [0.25, 0.3) is 0 Å². The predicted molar refractivity (Wildman–Crippen MR) is 77.8 cm³/mol. The van der Waals surface area contributed by atoms with Crippen LogP contribution in [0.15, 0.2) is 12.1 Å². The van der Waals surface area contributed by atoms with Gasteiger partial charge < -0.3 is 9.64 Å². The molecule has 0 unspecified atom stereocenters. The van der Waals surface area contributed by atoms with Gasteiger partial charge >= 0.3 is 0 Å². The summed E-state index contributed by atoms with van der Waals surface area (Å²) in [6.45, 7) is 1.40. The van der Waals surface area contributed by atoms with Gasteiger partial charge in [-0.1, -0.05) is 23.2 Å². The maximum atomic E-state index is 12.0. The van der Waals surface area contributed by atoms with Crippen molar-refractivity contribution >= 4 is 35.4 Å². The summed E-state index contributed by atoms with van der Waals surface area (Å²) in [6.07, 6.45) is 3.81. The molecule has 1 aromatic carbocycles. The summed E-state index contributed by atoms with van der Waals surface area (Å²) >= 11 is 11.8. The third kappa shape index (κ3) is 3.64. The van der Waals surface area contributed by atoms with Gasteiger partial charge in [0.05, 0.1) is 10.6 Å². The van der Waals surface area contributed by atoms with Gasteiger partial charge in [0.25, 0.3) is 5.91 Å². The van der Waals surface area contributed by atoms with Gasteiger partial charge in [-0.25, -0.2) is 0 Å². The number of hydrogen-bond donors (Lipinski definition) is 0. The van der Waals surface area contributed by atoms with E-state index in [1.807, 2.05) is 0 Å². The van der Waals surface area contributed by atoms with Crippen LogP contribution >= 0.6 is 23.2 Å². The van der Waals surface area contributed by atoms with E-state index in [1.54, 1.807) is 4.90 Å². The van der Waals surface area contributed by atoms with Gasteiger partial charge in [0.2, 0.25) is 0 Å². The summed E-state index contributed by atoms with van der Waals surface area (Å²) in [5.74, 6) is 0.115. The topological polar surface area (TPSA) is 46.6 Å². The first-order valence-electron chi connectivity index (χ1n) is 6.46. The second-order valence-corrected chi connectivity index (χ2v) is 5.50. The van der Waals surface area contributed by atoms with E-state index in [0.29, 0.717) is 11.3 Å². The number of carbonyl (C=O) groups is 2. The molecule has 6 heteroatoms. The number of likely N-dealkylation sites (tertiary alicyclic amines) is 1. The van der Waals surface area contributed by atoms with Crippen LogP contribution in [0, 0.1) is 0 Å². The first-order chi connectivity index (χ1) is 9.61. The van der Waals surface area contributed by atoms with Crippen LogP contribution in [-0.2, 0) is 4.79 Å². The maximum absolute atomic E-state index is 12.0. The van der Waals surface area contributed by atoms with Crippen LogP contribution in [0.1, 0.15) is 29.6 Å². The molecular weight excluding hydrogens is 301 g/mol. The first-order valence-corrected chi connectivity index (χ1v) is 7.22. The third-order valence-electron chi connectivity index (χ3n) is 3.21. The largest absolute Gasteiger partial charge is 0.481 e. The summed E-state index contributed by atoms with van der Waals surface area (Å²) in [5, 5.41) is 0.581. The lowest BCUT2D eigenvalue weighted by molar-refractivity contribution is -0.134. The number of ether oxygens (including phenoxy) is 1. The fourth-order valence-corrected chi connectivity index (χ4v) is 2.75. The zero-order chi connectivity index (χ0) is 14.5. The van der Waals surface area contributed by atoms with E-state index < -0.39 is 0 Å². The molecule has 0 spiro atoms. The number of nitrogens with zero attached hydrogens (tertiary/aromatic N) is 1. The van der Waals surface area contributed by atoms with Crippen molar-refractivity contribution in [2.45, 2.75) is 19.3 Å². The Hall–Kier alpha value is -1.26. The van der Waals surface area contributed by atoms with Crippen molar-refractivity contribution < 1.29 is 14.3 Å². The van der Waals surface area contributed by atoms with Crippen molar-refractivity contribution in [3.05, 3.63) is 27.7 Å². The van der Waals surface area contributed by atoms with Gasteiger partial charge in [-0.3, -0.25) is 9.59 Å². The fourth-order valence-electron chi connectivity index (χ4n) is 2.19. The fraction of sp³-hybridized carbons (Fsp3) is 0.429. The molecule has 2 rings (SSSR count). The highest BCUT2D eigenvalue weighted by molar-refractivity contribution is 6.36. The number of carbonyl (C=O) groups excluding carboxylic acids is 2. The maximum Gasteiger partial charge on any atom is 0.260 e. The molecule has 1 amide bonds. The summed E-state index contributed by atoms with van der Waals surface area (Å²) in [5.41, 5.74) is 0.244. The van der Waals surface area contributed by atoms with Gasteiger partial charge in [0, 0.05) is 18.1 Å². The van der Waals surface area contributed by atoms with E-state index in [1.165, 1.54) is 12.1 Å². The molecule has 0 radical (unpaired) electrons. The summed E-state index contributed by atoms with van der Waals surface area (Å²) < 4.78 is 5.42. The lowest BCUT2D eigenvalue weighted by Crippen LogP contribution is -2.38. The Morgan fingerprint density at radius 2 is 1.95 bits per heavy atom. The van der Waals surface area contributed by atoms with Gasteiger partial charge in [0.15, 0.2) is 12.9 Å². The molecular formula is C14H15Cl2NO3. The van der Waals surface area contributed by atoms with Crippen LogP contribution in [0.3, 0.4) is 0 Å². The number of hydrogen-bond acceptors (Lipinski definition) is 3. The zero-order valence-corrected chi connectivity index (χ0v) is 12.4. The normalized spacial score (nSPS) is 15.0.